The highest BCUT2D eigenvalue weighted by Crippen LogP contribution is 2.16. The second-order valence-corrected chi connectivity index (χ2v) is 7.07. The van der Waals surface area contributed by atoms with Crippen molar-refractivity contribution in [3.8, 4) is 0 Å². The number of aromatic nitrogens is 2. The lowest BCUT2D eigenvalue weighted by molar-refractivity contribution is -0.133. The van der Waals surface area contributed by atoms with Crippen molar-refractivity contribution in [2.75, 3.05) is 43.5 Å². The van der Waals surface area contributed by atoms with Crippen LogP contribution in [0.2, 0.25) is 0 Å². The lowest BCUT2D eigenvalue weighted by Gasteiger charge is -2.26. The number of ether oxygens (including phenoxy) is 1. The van der Waals surface area contributed by atoms with Gasteiger partial charge in [-0.15, -0.1) is 0 Å². The van der Waals surface area contributed by atoms with E-state index >= 15 is 0 Å². The minimum atomic E-state index is -0.646. The minimum absolute atomic E-state index is 0.00915. The number of carbonyl (C=O) groups excluding carboxylic acids is 1. The van der Waals surface area contributed by atoms with E-state index in [9.17, 15) is 13.6 Å². The number of hydrogen-bond acceptors (Lipinski definition) is 8. The second kappa shape index (κ2) is 11.1. The lowest BCUT2D eigenvalue weighted by atomic mass is 10.2. The number of anilines is 2. The minimum Gasteiger partial charge on any atom is -0.403 e. The van der Waals surface area contributed by atoms with E-state index in [0.29, 0.717) is 43.4 Å². The van der Waals surface area contributed by atoms with Gasteiger partial charge in [0.2, 0.25) is 11.9 Å². The van der Waals surface area contributed by atoms with Crippen LogP contribution in [0.4, 0.5) is 20.5 Å². The maximum atomic E-state index is 13.4. The molecule has 1 aliphatic heterocycles. The molecule has 9 nitrogen and oxygen atoms in total. The number of nitrogens with one attached hydrogen (secondary N) is 2. The molecule has 4 N–H and O–H groups in total. The average molecular weight is 445 g/mol. The van der Waals surface area contributed by atoms with Crippen LogP contribution < -0.4 is 16.4 Å². The molecule has 2 heterocycles. The number of rotatable bonds is 8. The van der Waals surface area contributed by atoms with Crippen LogP contribution in [-0.2, 0) is 16.1 Å². The van der Waals surface area contributed by atoms with Crippen molar-refractivity contribution in [1.82, 2.24) is 14.9 Å². The molecule has 0 unspecified atom stereocenters. The zero-order valence-electron chi connectivity index (χ0n) is 17.6. The Bertz CT molecular complexity index is 987. The van der Waals surface area contributed by atoms with Crippen molar-refractivity contribution < 1.29 is 18.3 Å². The van der Waals surface area contributed by atoms with Gasteiger partial charge < -0.3 is 26.0 Å². The van der Waals surface area contributed by atoms with Crippen LogP contribution in [0.5, 0.6) is 0 Å². The third kappa shape index (κ3) is 6.71. The van der Waals surface area contributed by atoms with E-state index in [1.807, 2.05) is 0 Å². The largest absolute Gasteiger partial charge is 0.403 e. The number of aryl methyl sites for hydroxylation is 1. The van der Waals surface area contributed by atoms with Gasteiger partial charge in [0, 0.05) is 49.9 Å². The van der Waals surface area contributed by atoms with E-state index in [0.717, 1.165) is 11.6 Å². The van der Waals surface area contributed by atoms with Gasteiger partial charge in [0.05, 0.1) is 18.9 Å². The third-order valence-electron chi connectivity index (χ3n) is 4.61. The first-order valence-corrected chi connectivity index (χ1v) is 10.0. The summed E-state index contributed by atoms with van der Waals surface area (Å²) in [6.45, 7) is 4.14. The summed E-state index contributed by atoms with van der Waals surface area (Å²) in [5, 5.41) is 5.97. The van der Waals surface area contributed by atoms with Gasteiger partial charge in [-0.25, -0.2) is 13.8 Å². The molecule has 32 heavy (non-hydrogen) atoms. The summed E-state index contributed by atoms with van der Waals surface area (Å²) in [5.41, 5.74) is 7.23. The Kier molecular flexibility index (Phi) is 8.03. The van der Waals surface area contributed by atoms with Crippen molar-refractivity contribution in [3.63, 3.8) is 0 Å². The van der Waals surface area contributed by atoms with Crippen molar-refractivity contribution in [1.29, 1.82) is 0 Å². The Labute approximate surface area is 184 Å². The molecule has 11 heteroatoms. The highest BCUT2D eigenvalue weighted by molar-refractivity contribution is 5.85. The van der Waals surface area contributed by atoms with Crippen molar-refractivity contribution >= 4 is 23.9 Å². The average Bonchev–Trinajstić information content (AvgIpc) is 2.78. The number of allylic oxidation sites excluding steroid dienone is 1. The van der Waals surface area contributed by atoms with Crippen LogP contribution >= 0.6 is 0 Å². The van der Waals surface area contributed by atoms with Gasteiger partial charge >= 0.3 is 0 Å². The van der Waals surface area contributed by atoms with E-state index in [4.69, 9.17) is 10.5 Å². The zero-order valence-corrected chi connectivity index (χ0v) is 17.6. The Morgan fingerprint density at radius 2 is 2.00 bits per heavy atom. The molecule has 1 aliphatic rings. The van der Waals surface area contributed by atoms with Crippen LogP contribution in [0, 0.1) is 18.6 Å². The maximum absolute atomic E-state index is 13.4. The fourth-order valence-corrected chi connectivity index (χ4v) is 2.96. The van der Waals surface area contributed by atoms with Crippen LogP contribution in [0.25, 0.3) is 0 Å². The second-order valence-electron chi connectivity index (χ2n) is 7.07. The number of nitrogens with zero attached hydrogens (tertiary/aromatic N) is 4. The quantitative estimate of drug-likeness (QED) is 0.531. The van der Waals surface area contributed by atoms with Gasteiger partial charge in [-0.2, -0.15) is 4.98 Å². The van der Waals surface area contributed by atoms with Gasteiger partial charge in [-0.05, 0) is 24.6 Å². The lowest BCUT2D eigenvalue weighted by Crippen LogP contribution is -2.41. The van der Waals surface area contributed by atoms with Gasteiger partial charge in [-0.3, -0.25) is 9.79 Å². The Hall–Kier alpha value is -3.60. The summed E-state index contributed by atoms with van der Waals surface area (Å²) >= 11 is 0. The molecular weight excluding hydrogens is 420 g/mol. The highest BCUT2D eigenvalue weighted by Gasteiger charge is 2.15. The van der Waals surface area contributed by atoms with E-state index < -0.39 is 11.6 Å². The fraction of sp³-hybridized carbons (Fsp3) is 0.333. The SMILES string of the molecule is Cc1cnc(NC(C=NCC(=O)N2CCOCC2)=CN)nc1NCc1cc(F)cc(F)c1. The molecule has 1 saturated heterocycles. The molecule has 0 atom stereocenters. The van der Waals surface area contributed by atoms with E-state index in [1.54, 1.807) is 18.0 Å². The van der Waals surface area contributed by atoms with Crippen LogP contribution in [0.15, 0.2) is 41.3 Å². The van der Waals surface area contributed by atoms with Gasteiger partial charge in [0.25, 0.3) is 0 Å². The summed E-state index contributed by atoms with van der Waals surface area (Å²) in [4.78, 5) is 26.5. The Balaban J connectivity index is 1.58. The van der Waals surface area contributed by atoms with Crippen molar-refractivity contribution in [3.05, 3.63) is 59.1 Å². The standard InChI is InChI=1S/C21H25F2N7O2/c1-14-10-27-21(29-20(14)26-11-15-6-16(22)8-17(23)7-15)28-18(9-24)12-25-13-19(31)30-2-4-32-5-3-30/h6-10,12H,2-5,11,13,24H2,1H3,(H2,26,27,28,29). The van der Waals surface area contributed by atoms with Crippen molar-refractivity contribution in [2.45, 2.75) is 13.5 Å². The normalized spacial score (nSPS) is 14.6. The van der Waals surface area contributed by atoms with Gasteiger partial charge in [0.1, 0.15) is 24.0 Å². The molecule has 2 aromatic rings. The molecule has 1 amide bonds. The molecule has 1 aromatic carbocycles. The van der Waals surface area contributed by atoms with E-state index in [1.165, 1.54) is 24.5 Å². The molecule has 0 aliphatic carbocycles. The number of benzene rings is 1. The number of morpholine rings is 1. The summed E-state index contributed by atoms with van der Waals surface area (Å²) in [5.74, 6) is -0.651. The van der Waals surface area contributed by atoms with Crippen LogP contribution in [0.3, 0.4) is 0 Å². The molecule has 0 spiro atoms. The summed E-state index contributed by atoms with van der Waals surface area (Å²) in [6.07, 6.45) is 4.32. The first kappa shape index (κ1) is 23.1. The molecule has 0 radical (unpaired) electrons. The molecule has 3 rings (SSSR count). The number of nitrogens with two attached hydrogens (primary N) is 1. The van der Waals surface area contributed by atoms with Crippen molar-refractivity contribution in [2.24, 2.45) is 10.7 Å². The first-order chi connectivity index (χ1) is 15.4. The number of aliphatic imine (C=N–C) groups is 1. The number of amides is 1. The number of carbonyl (C=O) groups is 1. The topological polar surface area (TPSA) is 118 Å². The zero-order chi connectivity index (χ0) is 22.9. The number of halogens is 2. The van der Waals surface area contributed by atoms with E-state index in [2.05, 4.69) is 25.6 Å². The predicted octanol–water partition coefficient (Wildman–Crippen LogP) is 1.82. The third-order valence-corrected chi connectivity index (χ3v) is 4.61. The molecule has 0 bridgehead atoms. The summed E-state index contributed by atoms with van der Waals surface area (Å²) in [6, 6.07) is 3.31. The highest BCUT2D eigenvalue weighted by atomic mass is 19.1. The molecular formula is C21H25F2N7O2. The van der Waals surface area contributed by atoms with Gasteiger partial charge in [0.15, 0.2) is 0 Å². The molecule has 170 valence electrons. The number of hydrogen-bond donors (Lipinski definition) is 3. The molecule has 0 saturated carbocycles. The molecule has 1 fully saturated rings. The smallest absolute Gasteiger partial charge is 0.244 e. The fourth-order valence-electron chi connectivity index (χ4n) is 2.96. The summed E-state index contributed by atoms with van der Waals surface area (Å²) in [7, 11) is 0. The van der Waals surface area contributed by atoms with Gasteiger partial charge in [-0.1, -0.05) is 0 Å². The summed E-state index contributed by atoms with van der Waals surface area (Å²) < 4.78 is 32.0. The predicted molar refractivity (Wildman–Crippen MR) is 117 cm³/mol. The first-order valence-electron chi connectivity index (χ1n) is 10.0. The monoisotopic (exact) mass is 445 g/mol. The van der Waals surface area contributed by atoms with Crippen LogP contribution in [-0.4, -0.2) is 59.8 Å². The molecule has 1 aromatic heterocycles. The Morgan fingerprint density at radius 1 is 1.28 bits per heavy atom. The van der Waals surface area contributed by atoms with E-state index in [-0.39, 0.29) is 24.9 Å². The Morgan fingerprint density at radius 3 is 2.69 bits per heavy atom. The van der Waals surface area contributed by atoms with Crippen LogP contribution in [0.1, 0.15) is 11.1 Å². The maximum Gasteiger partial charge on any atom is 0.244 e.